The average molecular weight is 428 g/mol. The van der Waals surface area contributed by atoms with Crippen LogP contribution in [0, 0.1) is 0 Å². The molecule has 33 heavy (non-hydrogen) atoms. The van der Waals surface area contributed by atoms with E-state index in [1.807, 2.05) is 55.5 Å². The fraction of sp³-hybridized carbons (Fsp3) is 0.0323. The number of anilines is 1. The Hall–Kier alpha value is -4.30. The van der Waals surface area contributed by atoms with Crippen LogP contribution in [-0.4, -0.2) is 0 Å². The lowest BCUT2D eigenvalue weighted by Crippen LogP contribution is -2.00. The number of fused-ring (bicyclic) bond motifs is 3. The number of rotatable bonds is 6. The Morgan fingerprint density at radius 2 is 1.52 bits per heavy atom. The lowest BCUT2D eigenvalue weighted by molar-refractivity contribution is 0.670. The number of hydrogen-bond acceptors (Lipinski definition) is 2. The van der Waals surface area contributed by atoms with Gasteiger partial charge in [0.15, 0.2) is 0 Å². The molecule has 1 N–H and O–H groups in total. The van der Waals surface area contributed by atoms with Crippen molar-refractivity contribution < 1.29 is 4.42 Å². The molecule has 0 atom stereocenters. The minimum absolute atomic E-state index is 0.913. The Morgan fingerprint density at radius 1 is 0.788 bits per heavy atom. The highest BCUT2D eigenvalue weighted by Crippen LogP contribution is 2.36. The van der Waals surface area contributed by atoms with E-state index in [-0.39, 0.29) is 0 Å². The van der Waals surface area contributed by atoms with Gasteiger partial charge < -0.3 is 9.73 Å². The molecule has 2 heteroatoms. The molecule has 0 fully saturated rings. The van der Waals surface area contributed by atoms with Crippen LogP contribution in [0.1, 0.15) is 12.5 Å². The first kappa shape index (κ1) is 20.6. The molecule has 4 aromatic carbocycles. The smallest absolute Gasteiger partial charge is 0.143 e. The molecule has 2 nitrogen and oxygen atoms in total. The van der Waals surface area contributed by atoms with E-state index in [9.17, 15) is 0 Å². The van der Waals surface area contributed by atoms with Gasteiger partial charge in [-0.1, -0.05) is 97.6 Å². The minimum atomic E-state index is 0.913. The highest BCUT2D eigenvalue weighted by molar-refractivity contribution is 6.09. The Morgan fingerprint density at radius 3 is 2.27 bits per heavy atom. The largest absolute Gasteiger partial charge is 0.455 e. The van der Waals surface area contributed by atoms with Crippen LogP contribution in [0.4, 0.5) is 5.69 Å². The molecule has 0 radical (unpaired) electrons. The van der Waals surface area contributed by atoms with E-state index in [2.05, 4.69) is 78.6 Å². The van der Waals surface area contributed by atoms with E-state index in [0.29, 0.717) is 0 Å². The highest BCUT2D eigenvalue weighted by atomic mass is 16.3. The zero-order valence-electron chi connectivity index (χ0n) is 18.6. The van der Waals surface area contributed by atoms with Crippen molar-refractivity contribution >= 4 is 33.2 Å². The fourth-order valence-corrected chi connectivity index (χ4v) is 4.22. The lowest BCUT2D eigenvalue weighted by Gasteiger charge is -2.13. The summed E-state index contributed by atoms with van der Waals surface area (Å²) >= 11 is 0. The topological polar surface area (TPSA) is 25.2 Å². The zero-order chi connectivity index (χ0) is 22.6. The first-order chi connectivity index (χ1) is 16.3. The summed E-state index contributed by atoms with van der Waals surface area (Å²) in [7, 11) is 0. The summed E-state index contributed by atoms with van der Waals surface area (Å²) in [6.07, 6.45) is 6.02. The van der Waals surface area contributed by atoms with Gasteiger partial charge in [-0.05, 0) is 42.3 Å². The van der Waals surface area contributed by atoms with Gasteiger partial charge in [0.25, 0.3) is 0 Å². The maximum absolute atomic E-state index is 6.21. The number of para-hydroxylation sites is 2. The molecule has 160 valence electrons. The molecule has 0 saturated carbocycles. The van der Waals surface area contributed by atoms with Crippen LogP contribution < -0.4 is 5.32 Å². The van der Waals surface area contributed by atoms with Crippen LogP contribution >= 0.6 is 0 Å². The summed E-state index contributed by atoms with van der Waals surface area (Å²) in [5.41, 5.74) is 8.26. The van der Waals surface area contributed by atoms with E-state index in [0.717, 1.165) is 55.6 Å². The third-order valence-corrected chi connectivity index (χ3v) is 5.79. The number of furan rings is 1. The normalized spacial score (nSPS) is 12.3. The van der Waals surface area contributed by atoms with Gasteiger partial charge in [0.2, 0.25) is 0 Å². The molecule has 0 saturated heterocycles. The molecular weight excluding hydrogens is 402 g/mol. The van der Waals surface area contributed by atoms with Crippen LogP contribution in [0.2, 0.25) is 0 Å². The molecule has 5 aromatic rings. The average Bonchev–Trinajstić information content (AvgIpc) is 3.26. The molecule has 1 aromatic heterocycles. The molecule has 0 spiro atoms. The number of hydrogen-bond donors (Lipinski definition) is 1. The standard InChI is InChI=1S/C31H25NO/c1-3-11-25(22-12-6-5-7-13-22)29(4-2)32-24-20-18-23(19-21-24)26-15-10-16-28-27-14-8-9-17-30(27)33-31(26)28/h3-21,32H,2H2,1H3/b11-3-,29-25-. The summed E-state index contributed by atoms with van der Waals surface area (Å²) in [6.45, 7) is 6.06. The SMILES string of the molecule is C=C/C(Nc1ccc(-c2cccc3c2oc2ccccc23)cc1)=C(\C=C/C)c1ccccc1. The van der Waals surface area contributed by atoms with Gasteiger partial charge in [-0.25, -0.2) is 0 Å². The second kappa shape index (κ2) is 9.05. The van der Waals surface area contributed by atoms with Gasteiger partial charge >= 0.3 is 0 Å². The van der Waals surface area contributed by atoms with Gasteiger partial charge in [-0.2, -0.15) is 0 Å². The maximum atomic E-state index is 6.21. The fourth-order valence-electron chi connectivity index (χ4n) is 4.22. The van der Waals surface area contributed by atoms with Crippen LogP contribution in [0.3, 0.4) is 0 Å². The minimum Gasteiger partial charge on any atom is -0.455 e. The van der Waals surface area contributed by atoms with Gasteiger partial charge in [-0.3, -0.25) is 0 Å². The van der Waals surface area contributed by atoms with Gasteiger partial charge in [-0.15, -0.1) is 0 Å². The monoisotopic (exact) mass is 427 g/mol. The van der Waals surface area contributed by atoms with Crippen LogP contribution in [-0.2, 0) is 0 Å². The second-order valence-corrected chi connectivity index (χ2v) is 7.88. The summed E-state index contributed by atoms with van der Waals surface area (Å²) in [4.78, 5) is 0. The van der Waals surface area contributed by atoms with E-state index < -0.39 is 0 Å². The van der Waals surface area contributed by atoms with E-state index in [1.165, 1.54) is 0 Å². The van der Waals surface area contributed by atoms with Crippen molar-refractivity contribution in [2.24, 2.45) is 0 Å². The Bertz CT molecular complexity index is 1490. The third kappa shape index (κ3) is 3.99. The first-order valence-corrected chi connectivity index (χ1v) is 11.1. The molecule has 0 aliphatic carbocycles. The van der Waals surface area contributed by atoms with Crippen LogP contribution in [0.25, 0.3) is 38.6 Å². The number of allylic oxidation sites excluding steroid dienone is 4. The molecule has 5 rings (SSSR count). The van der Waals surface area contributed by atoms with Gasteiger partial charge in [0, 0.05) is 33.3 Å². The van der Waals surface area contributed by atoms with Crippen molar-refractivity contribution in [3.05, 3.63) is 133 Å². The summed E-state index contributed by atoms with van der Waals surface area (Å²) in [6, 6.07) is 33.3. The summed E-state index contributed by atoms with van der Waals surface area (Å²) in [5.74, 6) is 0. The van der Waals surface area contributed by atoms with E-state index in [1.54, 1.807) is 0 Å². The molecular formula is C31H25NO. The predicted molar refractivity (Wildman–Crippen MR) is 141 cm³/mol. The lowest BCUT2D eigenvalue weighted by atomic mass is 10.0. The van der Waals surface area contributed by atoms with Gasteiger partial charge in [0.05, 0.1) is 0 Å². The Kier molecular flexibility index (Phi) is 5.65. The molecule has 1 heterocycles. The summed E-state index contributed by atoms with van der Waals surface area (Å²) < 4.78 is 6.21. The molecule has 0 bridgehead atoms. The molecule has 0 aliphatic rings. The molecule has 0 amide bonds. The van der Waals surface area contributed by atoms with Crippen molar-refractivity contribution in [1.29, 1.82) is 0 Å². The van der Waals surface area contributed by atoms with Crippen LogP contribution in [0.5, 0.6) is 0 Å². The predicted octanol–water partition coefficient (Wildman–Crippen LogP) is 8.84. The van der Waals surface area contributed by atoms with Crippen molar-refractivity contribution in [3.8, 4) is 11.1 Å². The Balaban J connectivity index is 1.51. The quantitative estimate of drug-likeness (QED) is 0.274. The van der Waals surface area contributed by atoms with E-state index >= 15 is 0 Å². The van der Waals surface area contributed by atoms with Crippen molar-refractivity contribution in [1.82, 2.24) is 0 Å². The third-order valence-electron chi connectivity index (χ3n) is 5.79. The van der Waals surface area contributed by atoms with Crippen molar-refractivity contribution in [2.45, 2.75) is 6.92 Å². The molecule has 0 unspecified atom stereocenters. The zero-order valence-corrected chi connectivity index (χ0v) is 18.6. The highest BCUT2D eigenvalue weighted by Gasteiger charge is 2.12. The van der Waals surface area contributed by atoms with E-state index in [4.69, 9.17) is 4.42 Å². The molecule has 0 aliphatic heterocycles. The Labute approximate surface area is 194 Å². The van der Waals surface area contributed by atoms with Crippen molar-refractivity contribution in [2.75, 3.05) is 5.32 Å². The maximum Gasteiger partial charge on any atom is 0.143 e. The summed E-state index contributed by atoms with van der Waals surface area (Å²) in [5, 5.41) is 5.82. The first-order valence-electron chi connectivity index (χ1n) is 11.1. The second-order valence-electron chi connectivity index (χ2n) is 7.88. The van der Waals surface area contributed by atoms with Gasteiger partial charge in [0.1, 0.15) is 11.2 Å². The van der Waals surface area contributed by atoms with Crippen LogP contribution in [0.15, 0.2) is 132 Å². The van der Waals surface area contributed by atoms with Crippen molar-refractivity contribution in [3.63, 3.8) is 0 Å². The number of benzene rings is 4. The number of nitrogens with one attached hydrogen (secondary N) is 1.